The predicted molar refractivity (Wildman–Crippen MR) is 69.6 cm³/mol. The van der Waals surface area contributed by atoms with E-state index in [1.165, 1.54) is 18.3 Å². The Labute approximate surface area is 108 Å². The Morgan fingerprint density at radius 3 is 2.78 bits per heavy atom. The van der Waals surface area contributed by atoms with Crippen molar-refractivity contribution in [3.05, 3.63) is 18.3 Å². The van der Waals surface area contributed by atoms with Crippen LogP contribution in [0.2, 0.25) is 0 Å². The number of unbranched alkanes of at least 4 members (excludes halogenated alkanes) is 1. The number of nitrogens with two attached hydrogens (primary N) is 1. The van der Waals surface area contributed by atoms with Gasteiger partial charge in [-0.25, -0.2) is 18.1 Å². The van der Waals surface area contributed by atoms with E-state index in [2.05, 4.69) is 16.6 Å². The molecule has 6 nitrogen and oxygen atoms in total. The standard InChI is InChI=1S/C11H19N3O3S/c1-2-3-7-17-8-6-14-18(15,16)10-4-5-11(12)13-9-10/h4-5,9,14H,2-3,6-8H2,1H3,(H2,12,13). The smallest absolute Gasteiger partial charge is 0.242 e. The zero-order valence-corrected chi connectivity index (χ0v) is 11.2. The Morgan fingerprint density at radius 2 is 2.17 bits per heavy atom. The van der Waals surface area contributed by atoms with Crippen molar-refractivity contribution >= 4 is 15.8 Å². The molecule has 1 aromatic heterocycles. The summed E-state index contributed by atoms with van der Waals surface area (Å²) in [4.78, 5) is 3.84. The molecule has 0 aromatic carbocycles. The Kier molecular flexibility index (Phi) is 6.03. The fourth-order valence-corrected chi connectivity index (χ4v) is 2.19. The highest BCUT2D eigenvalue weighted by atomic mass is 32.2. The molecule has 1 heterocycles. The van der Waals surface area contributed by atoms with Gasteiger partial charge in [0.25, 0.3) is 0 Å². The number of nitrogens with zero attached hydrogens (tertiary/aromatic N) is 1. The van der Waals surface area contributed by atoms with E-state index in [4.69, 9.17) is 10.5 Å². The van der Waals surface area contributed by atoms with Crippen molar-refractivity contribution in [2.24, 2.45) is 0 Å². The fourth-order valence-electron chi connectivity index (χ4n) is 1.23. The highest BCUT2D eigenvalue weighted by molar-refractivity contribution is 7.89. The third-order valence-electron chi connectivity index (χ3n) is 2.25. The first-order valence-corrected chi connectivity index (χ1v) is 7.33. The zero-order valence-electron chi connectivity index (χ0n) is 10.4. The number of pyridine rings is 1. The quantitative estimate of drug-likeness (QED) is 0.682. The molecule has 0 fully saturated rings. The van der Waals surface area contributed by atoms with Gasteiger partial charge in [0.15, 0.2) is 0 Å². The second-order valence-corrected chi connectivity index (χ2v) is 5.55. The van der Waals surface area contributed by atoms with E-state index >= 15 is 0 Å². The zero-order chi connectivity index (χ0) is 13.4. The molecule has 0 aliphatic carbocycles. The van der Waals surface area contributed by atoms with Gasteiger partial charge in [0, 0.05) is 19.3 Å². The van der Waals surface area contributed by atoms with Crippen LogP contribution in [-0.4, -0.2) is 33.2 Å². The number of hydrogen-bond acceptors (Lipinski definition) is 5. The number of aromatic nitrogens is 1. The van der Waals surface area contributed by atoms with Crippen molar-refractivity contribution in [1.29, 1.82) is 0 Å². The number of hydrogen-bond donors (Lipinski definition) is 2. The molecule has 3 N–H and O–H groups in total. The monoisotopic (exact) mass is 273 g/mol. The van der Waals surface area contributed by atoms with Crippen molar-refractivity contribution in [1.82, 2.24) is 9.71 Å². The first kappa shape index (κ1) is 14.9. The molecule has 0 saturated carbocycles. The second-order valence-electron chi connectivity index (χ2n) is 3.78. The van der Waals surface area contributed by atoms with Crippen LogP contribution < -0.4 is 10.5 Å². The molecule has 0 saturated heterocycles. The molecular weight excluding hydrogens is 254 g/mol. The van der Waals surface area contributed by atoms with E-state index in [-0.39, 0.29) is 17.3 Å². The van der Waals surface area contributed by atoms with Crippen molar-refractivity contribution in [3.63, 3.8) is 0 Å². The van der Waals surface area contributed by atoms with Crippen molar-refractivity contribution in [2.45, 2.75) is 24.7 Å². The maximum absolute atomic E-state index is 11.8. The number of nitrogens with one attached hydrogen (secondary N) is 1. The van der Waals surface area contributed by atoms with E-state index in [9.17, 15) is 8.42 Å². The van der Waals surface area contributed by atoms with Crippen LogP contribution in [0.15, 0.2) is 23.2 Å². The Balaban J connectivity index is 2.38. The van der Waals surface area contributed by atoms with Crippen LogP contribution >= 0.6 is 0 Å². The van der Waals surface area contributed by atoms with Crippen LogP contribution in [-0.2, 0) is 14.8 Å². The van der Waals surface area contributed by atoms with Crippen LogP contribution in [0.4, 0.5) is 5.82 Å². The predicted octanol–water partition coefficient (Wildman–Crippen LogP) is 0.759. The summed E-state index contributed by atoms with van der Waals surface area (Å²) in [6, 6.07) is 2.87. The van der Waals surface area contributed by atoms with Crippen LogP contribution in [0.25, 0.3) is 0 Å². The lowest BCUT2D eigenvalue weighted by Gasteiger charge is -2.07. The molecule has 102 valence electrons. The van der Waals surface area contributed by atoms with Gasteiger partial charge in [-0.2, -0.15) is 0 Å². The largest absolute Gasteiger partial charge is 0.384 e. The van der Waals surface area contributed by atoms with Crippen LogP contribution in [0.5, 0.6) is 0 Å². The molecule has 0 unspecified atom stereocenters. The molecule has 1 rings (SSSR count). The Bertz CT molecular complexity index is 445. The average molecular weight is 273 g/mol. The molecule has 1 aromatic rings. The first-order valence-electron chi connectivity index (χ1n) is 5.85. The highest BCUT2D eigenvalue weighted by Gasteiger charge is 2.13. The van der Waals surface area contributed by atoms with Gasteiger partial charge in [0.05, 0.1) is 6.61 Å². The number of anilines is 1. The summed E-state index contributed by atoms with van der Waals surface area (Å²) < 4.78 is 31.3. The molecule has 18 heavy (non-hydrogen) atoms. The minimum Gasteiger partial charge on any atom is -0.384 e. The lowest BCUT2D eigenvalue weighted by Crippen LogP contribution is -2.27. The maximum Gasteiger partial charge on any atom is 0.242 e. The van der Waals surface area contributed by atoms with Gasteiger partial charge >= 0.3 is 0 Å². The first-order chi connectivity index (χ1) is 8.56. The summed E-state index contributed by atoms with van der Waals surface area (Å²) in [5, 5.41) is 0. The lowest BCUT2D eigenvalue weighted by atomic mass is 10.4. The summed E-state index contributed by atoms with van der Waals surface area (Å²) in [6.07, 6.45) is 3.27. The van der Waals surface area contributed by atoms with Gasteiger partial charge < -0.3 is 10.5 Å². The van der Waals surface area contributed by atoms with E-state index in [0.29, 0.717) is 13.2 Å². The van der Waals surface area contributed by atoms with E-state index in [1.54, 1.807) is 0 Å². The van der Waals surface area contributed by atoms with Crippen LogP contribution in [0.1, 0.15) is 19.8 Å². The molecule has 0 bridgehead atoms. The van der Waals surface area contributed by atoms with Crippen molar-refractivity contribution < 1.29 is 13.2 Å². The van der Waals surface area contributed by atoms with Crippen LogP contribution in [0.3, 0.4) is 0 Å². The fraction of sp³-hybridized carbons (Fsp3) is 0.545. The van der Waals surface area contributed by atoms with Crippen molar-refractivity contribution in [2.75, 3.05) is 25.5 Å². The van der Waals surface area contributed by atoms with E-state index < -0.39 is 10.0 Å². The summed E-state index contributed by atoms with van der Waals surface area (Å²) in [5.74, 6) is 0.289. The van der Waals surface area contributed by atoms with Gasteiger partial charge in [-0.1, -0.05) is 13.3 Å². The third kappa shape index (κ3) is 4.99. The highest BCUT2D eigenvalue weighted by Crippen LogP contribution is 2.07. The number of ether oxygens (including phenoxy) is 1. The average Bonchev–Trinajstić information content (AvgIpc) is 2.34. The molecular formula is C11H19N3O3S. The van der Waals surface area contributed by atoms with Gasteiger partial charge in [-0.15, -0.1) is 0 Å². The molecule has 0 amide bonds. The lowest BCUT2D eigenvalue weighted by molar-refractivity contribution is 0.136. The molecule has 0 atom stereocenters. The van der Waals surface area contributed by atoms with Crippen LogP contribution in [0, 0.1) is 0 Å². The molecule has 0 spiro atoms. The Hall–Kier alpha value is -1.18. The number of sulfonamides is 1. The van der Waals surface area contributed by atoms with Gasteiger partial charge in [-0.05, 0) is 18.6 Å². The number of nitrogen functional groups attached to an aromatic ring is 1. The summed E-state index contributed by atoms with van der Waals surface area (Å²) in [6.45, 7) is 3.33. The minimum atomic E-state index is -3.52. The molecule has 0 aliphatic heterocycles. The topological polar surface area (TPSA) is 94.3 Å². The normalized spacial score (nSPS) is 11.6. The maximum atomic E-state index is 11.8. The van der Waals surface area contributed by atoms with E-state index in [1.807, 2.05) is 0 Å². The second kappa shape index (κ2) is 7.30. The minimum absolute atomic E-state index is 0.102. The Morgan fingerprint density at radius 1 is 1.39 bits per heavy atom. The SMILES string of the molecule is CCCCOCCNS(=O)(=O)c1ccc(N)nc1. The van der Waals surface area contributed by atoms with Gasteiger partial charge in [-0.3, -0.25) is 0 Å². The molecule has 7 heteroatoms. The third-order valence-corrected chi connectivity index (χ3v) is 3.70. The van der Waals surface area contributed by atoms with Gasteiger partial charge in [0.1, 0.15) is 10.7 Å². The summed E-state index contributed by atoms with van der Waals surface area (Å²) >= 11 is 0. The van der Waals surface area contributed by atoms with E-state index in [0.717, 1.165) is 12.8 Å². The number of rotatable bonds is 8. The van der Waals surface area contributed by atoms with Crippen molar-refractivity contribution in [3.8, 4) is 0 Å². The van der Waals surface area contributed by atoms with Gasteiger partial charge in [0.2, 0.25) is 10.0 Å². The summed E-state index contributed by atoms with van der Waals surface area (Å²) in [5.41, 5.74) is 5.39. The molecule has 0 aliphatic rings. The molecule has 0 radical (unpaired) electrons. The summed E-state index contributed by atoms with van der Waals surface area (Å²) in [7, 11) is -3.52.